The molecule has 2 aromatic carbocycles. The second kappa shape index (κ2) is 6.93. The van der Waals surface area contributed by atoms with Crippen LogP contribution in [0.25, 0.3) is 0 Å². The Bertz CT molecular complexity index is 914. The molecule has 0 radical (unpaired) electrons. The van der Waals surface area contributed by atoms with Crippen molar-refractivity contribution in [1.29, 1.82) is 0 Å². The number of nitrogens with one attached hydrogen (secondary N) is 2. The predicted octanol–water partition coefficient (Wildman–Crippen LogP) is 3.98. The average molecular weight is 393 g/mol. The van der Waals surface area contributed by atoms with Crippen LogP contribution in [0.3, 0.4) is 0 Å². The van der Waals surface area contributed by atoms with E-state index in [1.165, 1.54) is 30.3 Å². The number of sulfonamides is 1. The van der Waals surface area contributed by atoms with Crippen molar-refractivity contribution < 1.29 is 26.4 Å². The van der Waals surface area contributed by atoms with E-state index in [4.69, 9.17) is 11.6 Å². The van der Waals surface area contributed by atoms with E-state index in [0.717, 1.165) is 18.4 Å². The normalized spacial score (nSPS) is 11.9. The van der Waals surface area contributed by atoms with Crippen LogP contribution in [0.2, 0.25) is 5.02 Å². The van der Waals surface area contributed by atoms with Crippen molar-refractivity contribution in [2.75, 3.05) is 16.3 Å². The molecule has 1 amide bonds. The first-order valence-electron chi connectivity index (χ1n) is 6.72. The maximum absolute atomic E-state index is 12.7. The molecule has 0 aliphatic heterocycles. The molecule has 0 bridgehead atoms. The molecular formula is C15H12ClF3N2O3S. The van der Waals surface area contributed by atoms with Gasteiger partial charge in [0.05, 0.1) is 22.4 Å². The van der Waals surface area contributed by atoms with Crippen LogP contribution in [0.15, 0.2) is 42.5 Å². The van der Waals surface area contributed by atoms with Gasteiger partial charge in [-0.3, -0.25) is 9.52 Å². The third-order valence-corrected chi connectivity index (χ3v) is 3.88. The SMILES string of the molecule is CS(=O)(=O)Nc1ccc(C(=O)Nc2cccc(C(F)(F)F)c2)c(Cl)c1. The van der Waals surface area contributed by atoms with Gasteiger partial charge >= 0.3 is 6.18 Å². The highest BCUT2D eigenvalue weighted by Gasteiger charge is 2.30. The minimum absolute atomic E-state index is 0.0156. The Labute approximate surface area is 146 Å². The molecule has 2 N–H and O–H groups in total. The van der Waals surface area contributed by atoms with E-state index >= 15 is 0 Å². The summed E-state index contributed by atoms with van der Waals surface area (Å²) >= 11 is 5.95. The quantitative estimate of drug-likeness (QED) is 0.826. The fourth-order valence-electron chi connectivity index (χ4n) is 1.95. The van der Waals surface area contributed by atoms with Crippen molar-refractivity contribution in [2.24, 2.45) is 0 Å². The fourth-order valence-corrected chi connectivity index (χ4v) is 2.77. The lowest BCUT2D eigenvalue weighted by Gasteiger charge is -2.11. The van der Waals surface area contributed by atoms with Gasteiger partial charge in [0, 0.05) is 11.4 Å². The Morgan fingerprint density at radius 3 is 2.32 bits per heavy atom. The van der Waals surface area contributed by atoms with Crippen molar-refractivity contribution in [3.05, 3.63) is 58.6 Å². The first-order chi connectivity index (χ1) is 11.5. The number of carbonyl (C=O) groups excluding carboxylic acids is 1. The van der Waals surface area contributed by atoms with Gasteiger partial charge in [-0.2, -0.15) is 13.2 Å². The topological polar surface area (TPSA) is 75.3 Å². The summed E-state index contributed by atoms with van der Waals surface area (Å²) in [4.78, 5) is 12.2. The Morgan fingerprint density at radius 2 is 1.76 bits per heavy atom. The van der Waals surface area contributed by atoms with E-state index in [-0.39, 0.29) is 22.0 Å². The van der Waals surface area contributed by atoms with Gasteiger partial charge in [0.2, 0.25) is 10.0 Å². The summed E-state index contributed by atoms with van der Waals surface area (Å²) in [5, 5.41) is 2.26. The molecule has 0 aliphatic rings. The van der Waals surface area contributed by atoms with Gasteiger partial charge in [-0.05, 0) is 36.4 Å². The Hall–Kier alpha value is -2.26. The van der Waals surface area contributed by atoms with Crippen LogP contribution in [-0.4, -0.2) is 20.6 Å². The predicted molar refractivity (Wildman–Crippen MR) is 89.3 cm³/mol. The molecule has 0 spiro atoms. The first-order valence-corrected chi connectivity index (χ1v) is 8.98. The number of alkyl halides is 3. The smallest absolute Gasteiger partial charge is 0.322 e. The highest BCUT2D eigenvalue weighted by Crippen LogP contribution is 2.31. The lowest BCUT2D eigenvalue weighted by Crippen LogP contribution is -2.14. The minimum atomic E-state index is -4.53. The average Bonchev–Trinajstić information content (AvgIpc) is 2.44. The zero-order valence-corrected chi connectivity index (χ0v) is 14.3. The molecule has 2 aromatic rings. The van der Waals surface area contributed by atoms with Gasteiger partial charge in [-0.25, -0.2) is 8.42 Å². The summed E-state index contributed by atoms with van der Waals surface area (Å²) in [6.45, 7) is 0. The van der Waals surface area contributed by atoms with Gasteiger partial charge in [-0.15, -0.1) is 0 Å². The van der Waals surface area contributed by atoms with E-state index in [2.05, 4.69) is 10.0 Å². The molecule has 10 heteroatoms. The molecule has 0 fully saturated rings. The van der Waals surface area contributed by atoms with Crippen LogP contribution < -0.4 is 10.0 Å². The van der Waals surface area contributed by atoms with Crippen LogP contribution in [0.1, 0.15) is 15.9 Å². The van der Waals surface area contributed by atoms with Gasteiger partial charge in [0.1, 0.15) is 0 Å². The maximum Gasteiger partial charge on any atom is 0.416 e. The van der Waals surface area contributed by atoms with Crippen LogP contribution in [0, 0.1) is 0 Å². The number of benzene rings is 2. The maximum atomic E-state index is 12.7. The molecular weight excluding hydrogens is 381 g/mol. The van der Waals surface area contributed by atoms with E-state index in [9.17, 15) is 26.4 Å². The molecule has 0 aromatic heterocycles. The van der Waals surface area contributed by atoms with Crippen molar-refractivity contribution in [2.45, 2.75) is 6.18 Å². The number of anilines is 2. The third-order valence-electron chi connectivity index (χ3n) is 2.96. The zero-order valence-electron chi connectivity index (χ0n) is 12.7. The first kappa shape index (κ1) is 19.1. The lowest BCUT2D eigenvalue weighted by atomic mass is 10.1. The summed E-state index contributed by atoms with van der Waals surface area (Å²) < 4.78 is 62.6. The van der Waals surface area contributed by atoms with Crippen molar-refractivity contribution in [3.8, 4) is 0 Å². The van der Waals surface area contributed by atoms with Crippen LogP contribution in [0.4, 0.5) is 24.5 Å². The largest absolute Gasteiger partial charge is 0.416 e. The number of hydrogen-bond acceptors (Lipinski definition) is 3. The highest BCUT2D eigenvalue weighted by atomic mass is 35.5. The molecule has 0 saturated heterocycles. The molecule has 0 aliphatic carbocycles. The Kier molecular flexibility index (Phi) is 5.28. The van der Waals surface area contributed by atoms with Gasteiger partial charge in [-0.1, -0.05) is 17.7 Å². The molecule has 0 unspecified atom stereocenters. The van der Waals surface area contributed by atoms with E-state index in [1.807, 2.05) is 0 Å². The zero-order chi connectivity index (χ0) is 18.8. The Morgan fingerprint density at radius 1 is 1.08 bits per heavy atom. The number of carbonyl (C=O) groups is 1. The number of amides is 1. The second-order valence-electron chi connectivity index (χ2n) is 5.10. The van der Waals surface area contributed by atoms with E-state index in [1.54, 1.807) is 0 Å². The van der Waals surface area contributed by atoms with Crippen LogP contribution in [-0.2, 0) is 16.2 Å². The summed E-state index contributed by atoms with van der Waals surface area (Å²) in [7, 11) is -3.51. The van der Waals surface area contributed by atoms with Gasteiger partial charge < -0.3 is 5.32 Å². The summed E-state index contributed by atoms with van der Waals surface area (Å²) in [6.07, 6.45) is -3.58. The molecule has 25 heavy (non-hydrogen) atoms. The molecule has 0 heterocycles. The van der Waals surface area contributed by atoms with Crippen molar-refractivity contribution >= 4 is 38.9 Å². The standard InChI is InChI=1S/C15H12ClF3N2O3S/c1-25(23,24)21-11-5-6-12(13(16)8-11)14(22)20-10-4-2-3-9(7-10)15(17,18)19/h2-8,21H,1H3,(H,20,22). The van der Waals surface area contributed by atoms with Crippen molar-refractivity contribution in [1.82, 2.24) is 0 Å². The van der Waals surface area contributed by atoms with Crippen LogP contribution >= 0.6 is 11.6 Å². The summed E-state index contributed by atoms with van der Waals surface area (Å²) in [5.41, 5.74) is -0.806. The number of hydrogen-bond donors (Lipinski definition) is 2. The van der Waals surface area contributed by atoms with Crippen molar-refractivity contribution in [3.63, 3.8) is 0 Å². The molecule has 2 rings (SSSR count). The van der Waals surface area contributed by atoms with Crippen LogP contribution in [0.5, 0.6) is 0 Å². The minimum Gasteiger partial charge on any atom is -0.322 e. The van der Waals surface area contributed by atoms with E-state index in [0.29, 0.717) is 0 Å². The molecule has 0 atom stereocenters. The highest BCUT2D eigenvalue weighted by molar-refractivity contribution is 7.92. The molecule has 0 saturated carbocycles. The van der Waals surface area contributed by atoms with Gasteiger partial charge in [0.25, 0.3) is 5.91 Å². The monoisotopic (exact) mass is 392 g/mol. The van der Waals surface area contributed by atoms with E-state index < -0.39 is 27.7 Å². The number of rotatable bonds is 4. The number of halogens is 4. The summed E-state index contributed by atoms with van der Waals surface area (Å²) in [5.74, 6) is -0.727. The third kappa shape index (κ3) is 5.36. The molecule has 5 nitrogen and oxygen atoms in total. The second-order valence-corrected chi connectivity index (χ2v) is 7.26. The fraction of sp³-hybridized carbons (Fsp3) is 0.133. The lowest BCUT2D eigenvalue weighted by molar-refractivity contribution is -0.137. The summed E-state index contributed by atoms with van der Waals surface area (Å²) in [6, 6.07) is 7.95. The van der Waals surface area contributed by atoms with Gasteiger partial charge in [0.15, 0.2) is 0 Å². The molecule has 134 valence electrons. The Balaban J connectivity index is 2.22.